The van der Waals surface area contributed by atoms with Gasteiger partial charge in [0.05, 0.1) is 19.2 Å². The molecule has 8 heteroatoms. The minimum atomic E-state index is -0.492. The SMILES string of the molecule is COC(=O)CC1N=C(c2ccc(NCc3ccccc3)cc2)c2c(sc(C)c2C)-n2c(C)nnc21. The van der Waals surface area contributed by atoms with Crippen LogP contribution in [0.15, 0.2) is 59.6 Å². The number of aromatic nitrogens is 3. The molecule has 3 heterocycles. The summed E-state index contributed by atoms with van der Waals surface area (Å²) >= 11 is 1.70. The van der Waals surface area contributed by atoms with Gasteiger partial charge < -0.3 is 10.1 Å². The van der Waals surface area contributed by atoms with Gasteiger partial charge in [0.2, 0.25) is 0 Å². The molecule has 1 atom stereocenters. The van der Waals surface area contributed by atoms with Crippen molar-refractivity contribution in [3.8, 4) is 5.00 Å². The fourth-order valence-electron chi connectivity index (χ4n) is 4.31. The smallest absolute Gasteiger partial charge is 0.308 e. The van der Waals surface area contributed by atoms with Crippen LogP contribution in [-0.4, -0.2) is 33.6 Å². The quantitative estimate of drug-likeness (QED) is 0.374. The van der Waals surface area contributed by atoms with Crippen molar-refractivity contribution in [2.24, 2.45) is 4.99 Å². The van der Waals surface area contributed by atoms with E-state index in [0.29, 0.717) is 5.82 Å². The summed E-state index contributed by atoms with van der Waals surface area (Å²) in [6.45, 7) is 6.92. The molecule has 0 fully saturated rings. The minimum absolute atomic E-state index is 0.0990. The lowest BCUT2D eigenvalue weighted by atomic mass is 9.99. The van der Waals surface area contributed by atoms with E-state index in [0.717, 1.165) is 39.9 Å². The van der Waals surface area contributed by atoms with Gasteiger partial charge in [-0.2, -0.15) is 0 Å². The van der Waals surface area contributed by atoms with Gasteiger partial charge in [-0.1, -0.05) is 42.5 Å². The van der Waals surface area contributed by atoms with Crippen molar-refractivity contribution in [3.63, 3.8) is 0 Å². The highest BCUT2D eigenvalue weighted by atomic mass is 32.1. The molecule has 0 saturated carbocycles. The average molecular weight is 486 g/mol. The standard InChI is InChI=1S/C27H27N5O2S/c1-16-17(2)35-27-24(16)25(29-22(14-23(33)34-4)26-31-30-18(3)32(26)27)20-10-12-21(13-11-20)28-15-19-8-6-5-7-9-19/h5-13,22,28H,14-15H2,1-4H3. The molecule has 178 valence electrons. The zero-order chi connectivity index (χ0) is 24.5. The molecule has 35 heavy (non-hydrogen) atoms. The second-order valence-electron chi connectivity index (χ2n) is 8.59. The maximum atomic E-state index is 12.3. The summed E-state index contributed by atoms with van der Waals surface area (Å²) in [5.74, 6) is 1.10. The van der Waals surface area contributed by atoms with Gasteiger partial charge in [0, 0.05) is 28.2 Å². The first-order valence-corrected chi connectivity index (χ1v) is 12.3. The van der Waals surface area contributed by atoms with E-state index in [-0.39, 0.29) is 12.4 Å². The Kier molecular flexibility index (Phi) is 6.21. The topological polar surface area (TPSA) is 81.4 Å². The fraction of sp³-hybridized carbons (Fsp3) is 0.259. The Balaban J connectivity index is 1.55. The molecule has 0 bridgehead atoms. The monoisotopic (exact) mass is 485 g/mol. The molecule has 1 N–H and O–H groups in total. The van der Waals surface area contributed by atoms with Crippen molar-refractivity contribution < 1.29 is 9.53 Å². The minimum Gasteiger partial charge on any atom is -0.469 e. The highest BCUT2D eigenvalue weighted by Crippen LogP contribution is 2.39. The number of anilines is 1. The molecule has 0 aliphatic carbocycles. The molecular formula is C27H27N5O2S. The van der Waals surface area contributed by atoms with E-state index in [4.69, 9.17) is 9.73 Å². The third-order valence-corrected chi connectivity index (χ3v) is 7.52. The number of ether oxygens (including phenoxy) is 1. The summed E-state index contributed by atoms with van der Waals surface area (Å²) in [5.41, 5.74) is 6.34. The number of methoxy groups -OCH3 is 1. The van der Waals surface area contributed by atoms with Crippen molar-refractivity contribution in [1.29, 1.82) is 0 Å². The summed E-state index contributed by atoms with van der Waals surface area (Å²) in [5, 5.41) is 13.2. The first-order chi connectivity index (χ1) is 17.0. The number of hydrogen-bond acceptors (Lipinski definition) is 7. The van der Waals surface area contributed by atoms with Crippen molar-refractivity contribution >= 4 is 28.7 Å². The van der Waals surface area contributed by atoms with Crippen LogP contribution in [-0.2, 0) is 16.1 Å². The van der Waals surface area contributed by atoms with Gasteiger partial charge in [-0.05, 0) is 44.0 Å². The van der Waals surface area contributed by atoms with Gasteiger partial charge in [0.15, 0.2) is 5.82 Å². The molecule has 1 aliphatic heterocycles. The predicted octanol–water partition coefficient (Wildman–Crippen LogP) is 5.32. The number of fused-ring (bicyclic) bond motifs is 3. The van der Waals surface area contributed by atoms with Crippen LogP contribution in [0.2, 0.25) is 0 Å². The number of esters is 1. The predicted molar refractivity (Wildman–Crippen MR) is 139 cm³/mol. The Bertz CT molecular complexity index is 1400. The van der Waals surface area contributed by atoms with E-state index >= 15 is 0 Å². The van der Waals surface area contributed by atoms with Gasteiger partial charge >= 0.3 is 5.97 Å². The number of thiophene rings is 1. The summed E-state index contributed by atoms with van der Waals surface area (Å²) in [4.78, 5) is 18.6. The van der Waals surface area contributed by atoms with Crippen molar-refractivity contribution in [2.45, 2.75) is 39.8 Å². The van der Waals surface area contributed by atoms with Crippen LogP contribution in [0.1, 0.15) is 51.2 Å². The van der Waals surface area contributed by atoms with Crippen molar-refractivity contribution in [3.05, 3.63) is 93.4 Å². The summed E-state index contributed by atoms with van der Waals surface area (Å²) in [6.07, 6.45) is 0.0990. The number of nitrogens with zero attached hydrogens (tertiary/aromatic N) is 4. The van der Waals surface area contributed by atoms with E-state index in [2.05, 4.69) is 65.8 Å². The maximum Gasteiger partial charge on any atom is 0.308 e. The summed E-state index contributed by atoms with van der Waals surface area (Å²) < 4.78 is 7.01. The Labute approximate surface area is 208 Å². The van der Waals surface area contributed by atoms with Gasteiger partial charge in [0.25, 0.3) is 0 Å². The Morgan fingerprint density at radius 1 is 1.06 bits per heavy atom. The largest absolute Gasteiger partial charge is 0.469 e. The molecule has 0 spiro atoms. The number of aryl methyl sites for hydroxylation is 2. The van der Waals surface area contributed by atoms with E-state index in [1.54, 1.807) is 11.3 Å². The van der Waals surface area contributed by atoms with Gasteiger partial charge in [-0.15, -0.1) is 21.5 Å². The number of nitrogens with one attached hydrogen (secondary N) is 1. The third-order valence-electron chi connectivity index (χ3n) is 6.32. The van der Waals surface area contributed by atoms with E-state index in [1.807, 2.05) is 29.7 Å². The zero-order valence-electron chi connectivity index (χ0n) is 20.2. The number of rotatable bonds is 6. The molecule has 1 aliphatic rings. The molecule has 2 aromatic heterocycles. The third kappa shape index (κ3) is 4.37. The van der Waals surface area contributed by atoms with Crippen molar-refractivity contribution in [2.75, 3.05) is 12.4 Å². The van der Waals surface area contributed by atoms with Crippen LogP contribution >= 0.6 is 11.3 Å². The van der Waals surface area contributed by atoms with Crippen LogP contribution < -0.4 is 5.32 Å². The Morgan fingerprint density at radius 2 is 1.80 bits per heavy atom. The van der Waals surface area contributed by atoms with Crippen molar-refractivity contribution in [1.82, 2.24) is 14.8 Å². The molecule has 7 nitrogen and oxygen atoms in total. The van der Waals surface area contributed by atoms with E-state index in [1.165, 1.54) is 23.1 Å². The van der Waals surface area contributed by atoms with Crippen LogP contribution in [0.25, 0.3) is 5.00 Å². The molecule has 4 aromatic rings. The molecule has 0 saturated heterocycles. The van der Waals surface area contributed by atoms with Crippen LogP contribution in [0, 0.1) is 20.8 Å². The molecule has 0 amide bonds. The summed E-state index contributed by atoms with van der Waals surface area (Å²) in [6, 6.07) is 18.1. The zero-order valence-corrected chi connectivity index (χ0v) is 21.0. The number of benzene rings is 2. The highest BCUT2D eigenvalue weighted by Gasteiger charge is 2.32. The number of carbonyl (C=O) groups is 1. The molecule has 2 aromatic carbocycles. The van der Waals surface area contributed by atoms with E-state index < -0.39 is 6.04 Å². The Hall–Kier alpha value is -3.78. The molecule has 1 unspecified atom stereocenters. The lowest BCUT2D eigenvalue weighted by Gasteiger charge is -2.12. The number of aliphatic imine (C=N–C) groups is 1. The average Bonchev–Trinajstić information content (AvgIpc) is 3.35. The fourth-order valence-corrected chi connectivity index (χ4v) is 5.53. The first-order valence-electron chi connectivity index (χ1n) is 11.5. The maximum absolute atomic E-state index is 12.3. The van der Waals surface area contributed by atoms with Gasteiger partial charge in [-0.25, -0.2) is 0 Å². The van der Waals surface area contributed by atoms with Gasteiger partial charge in [-0.3, -0.25) is 14.4 Å². The second kappa shape index (κ2) is 9.46. The van der Waals surface area contributed by atoms with Crippen LogP contribution in [0.4, 0.5) is 5.69 Å². The molecule has 5 rings (SSSR count). The normalized spacial score (nSPS) is 14.5. The first kappa shape index (κ1) is 23.0. The number of carbonyl (C=O) groups excluding carboxylic acids is 1. The number of hydrogen-bond donors (Lipinski definition) is 1. The van der Waals surface area contributed by atoms with E-state index in [9.17, 15) is 4.79 Å². The Morgan fingerprint density at radius 3 is 2.51 bits per heavy atom. The lowest BCUT2D eigenvalue weighted by Crippen LogP contribution is -2.12. The van der Waals surface area contributed by atoms with Crippen LogP contribution in [0.5, 0.6) is 0 Å². The van der Waals surface area contributed by atoms with Gasteiger partial charge in [0.1, 0.15) is 16.9 Å². The summed E-state index contributed by atoms with van der Waals surface area (Å²) in [7, 11) is 1.39. The highest BCUT2D eigenvalue weighted by molar-refractivity contribution is 7.15. The lowest BCUT2D eigenvalue weighted by molar-refractivity contribution is -0.141. The molecule has 0 radical (unpaired) electrons. The van der Waals surface area contributed by atoms with Crippen LogP contribution in [0.3, 0.4) is 0 Å². The second-order valence-corrected chi connectivity index (χ2v) is 9.80. The molecular weight excluding hydrogens is 458 g/mol.